The number of aromatic nitrogens is 3. The Morgan fingerprint density at radius 1 is 1.00 bits per heavy atom. The zero-order valence-corrected chi connectivity index (χ0v) is 24.8. The molecule has 42 heavy (non-hydrogen) atoms. The van der Waals surface area contributed by atoms with Gasteiger partial charge in [0.15, 0.2) is 23.0 Å². The first-order valence-electron chi connectivity index (χ1n) is 13.5. The third-order valence-electron chi connectivity index (χ3n) is 7.57. The van der Waals surface area contributed by atoms with Crippen molar-refractivity contribution in [1.82, 2.24) is 18.4 Å². The number of rotatable bonds is 9. The largest absolute Gasteiger partial charge is 0.493 e. The van der Waals surface area contributed by atoms with Gasteiger partial charge >= 0.3 is 0 Å². The maximum absolute atomic E-state index is 14.6. The van der Waals surface area contributed by atoms with Crippen LogP contribution in [0.3, 0.4) is 0 Å². The molecule has 9 nitrogen and oxygen atoms in total. The molecular formula is C30H30ClFN4O5S. The lowest BCUT2D eigenvalue weighted by Crippen LogP contribution is -2.38. The maximum atomic E-state index is 14.6. The highest BCUT2D eigenvalue weighted by atomic mass is 35.5. The highest BCUT2D eigenvalue weighted by molar-refractivity contribution is 7.89. The summed E-state index contributed by atoms with van der Waals surface area (Å²) in [5.41, 5.74) is 2.43. The first-order chi connectivity index (χ1) is 20.3. The zero-order chi connectivity index (χ0) is 29.4. The molecule has 0 radical (unpaired) electrons. The van der Waals surface area contributed by atoms with Gasteiger partial charge in [0.1, 0.15) is 0 Å². The molecule has 1 aliphatic heterocycles. The number of benzene rings is 2. The molecule has 0 aliphatic carbocycles. The average molecular weight is 613 g/mol. The predicted molar refractivity (Wildman–Crippen MR) is 160 cm³/mol. The molecule has 0 unspecified atom stereocenters. The predicted octanol–water partition coefficient (Wildman–Crippen LogP) is 5.18. The Morgan fingerprint density at radius 2 is 1.71 bits per heavy atom. The molecule has 1 saturated heterocycles. The lowest BCUT2D eigenvalue weighted by atomic mass is 10.1. The lowest BCUT2D eigenvalue weighted by molar-refractivity contribution is 0.0365. The zero-order valence-electron chi connectivity index (χ0n) is 23.2. The van der Waals surface area contributed by atoms with Crippen molar-refractivity contribution in [2.45, 2.75) is 12.3 Å². The van der Waals surface area contributed by atoms with Crippen LogP contribution in [0.15, 0.2) is 60.9 Å². The molecule has 12 heteroatoms. The second-order valence-electron chi connectivity index (χ2n) is 10.1. The van der Waals surface area contributed by atoms with Gasteiger partial charge in [-0.1, -0.05) is 41.9 Å². The summed E-state index contributed by atoms with van der Waals surface area (Å²) in [6.07, 6.45) is 2.86. The van der Waals surface area contributed by atoms with E-state index in [2.05, 4.69) is 14.5 Å². The first kappa shape index (κ1) is 28.5. The second kappa shape index (κ2) is 11.6. The van der Waals surface area contributed by atoms with Crippen LogP contribution in [-0.4, -0.2) is 73.9 Å². The van der Waals surface area contributed by atoms with Gasteiger partial charge in [-0.05, 0) is 17.7 Å². The number of ether oxygens (including phenoxy) is 3. The van der Waals surface area contributed by atoms with Gasteiger partial charge in [-0.25, -0.2) is 21.8 Å². The van der Waals surface area contributed by atoms with Crippen molar-refractivity contribution in [2.24, 2.45) is 0 Å². The van der Waals surface area contributed by atoms with Crippen molar-refractivity contribution in [3.05, 3.63) is 77.3 Å². The van der Waals surface area contributed by atoms with Crippen molar-refractivity contribution < 1.29 is 27.0 Å². The molecule has 2 aromatic carbocycles. The summed E-state index contributed by atoms with van der Waals surface area (Å²) in [7, 11) is -0.917. The number of nitrogens with zero attached hydrogens (tertiary/aromatic N) is 4. The van der Waals surface area contributed by atoms with Gasteiger partial charge in [0, 0.05) is 54.8 Å². The molecule has 0 saturated carbocycles. The fourth-order valence-corrected chi connectivity index (χ4v) is 7.26. The Labute approximate surface area is 248 Å². The van der Waals surface area contributed by atoms with E-state index in [0.29, 0.717) is 48.1 Å². The highest BCUT2D eigenvalue weighted by Gasteiger charge is 2.28. The third-order valence-corrected chi connectivity index (χ3v) is 9.58. The number of hydrogen-bond acceptors (Lipinski definition) is 7. The van der Waals surface area contributed by atoms with Crippen molar-refractivity contribution in [3.8, 4) is 22.8 Å². The Morgan fingerprint density at radius 3 is 2.43 bits per heavy atom. The number of methoxy groups -OCH3 is 2. The van der Waals surface area contributed by atoms with E-state index in [-0.39, 0.29) is 21.8 Å². The topological polar surface area (TPSA) is 87.8 Å². The molecular weight excluding hydrogens is 583 g/mol. The number of halogens is 2. The summed E-state index contributed by atoms with van der Waals surface area (Å²) in [6, 6.07) is 14.2. The number of hydrogen-bond donors (Lipinski definition) is 0. The maximum Gasteiger partial charge on any atom is 0.244 e. The van der Waals surface area contributed by atoms with Crippen LogP contribution in [0.1, 0.15) is 5.56 Å². The fraction of sp³-hybridized carbons (Fsp3) is 0.300. The van der Waals surface area contributed by atoms with E-state index in [1.54, 1.807) is 44.6 Å². The van der Waals surface area contributed by atoms with Crippen LogP contribution in [0.25, 0.3) is 33.2 Å². The van der Waals surface area contributed by atoms with Crippen LogP contribution in [0.4, 0.5) is 4.39 Å². The first-order valence-corrected chi connectivity index (χ1v) is 15.5. The Hall–Kier alpha value is -3.64. The molecule has 0 atom stereocenters. The van der Waals surface area contributed by atoms with E-state index in [1.807, 2.05) is 24.4 Å². The Kier molecular flexibility index (Phi) is 7.84. The third kappa shape index (κ3) is 5.22. The van der Waals surface area contributed by atoms with E-state index in [9.17, 15) is 12.8 Å². The molecule has 6 rings (SSSR count). The molecule has 0 amide bonds. The minimum absolute atomic E-state index is 0.0574. The van der Waals surface area contributed by atoms with Gasteiger partial charge in [-0.2, -0.15) is 0 Å². The normalized spacial score (nSPS) is 14.6. The number of fused-ring (bicyclic) bond motifs is 2. The van der Waals surface area contributed by atoms with E-state index in [0.717, 1.165) is 36.7 Å². The smallest absolute Gasteiger partial charge is 0.244 e. The molecule has 0 bridgehead atoms. The van der Waals surface area contributed by atoms with Crippen LogP contribution >= 0.6 is 11.6 Å². The lowest BCUT2D eigenvalue weighted by Gasteiger charge is -2.26. The van der Waals surface area contributed by atoms with Crippen LogP contribution in [0.2, 0.25) is 5.02 Å². The molecule has 1 aliphatic rings. The Balaban J connectivity index is 1.57. The molecule has 4 heterocycles. The van der Waals surface area contributed by atoms with Gasteiger partial charge in [-0.15, -0.1) is 0 Å². The molecule has 5 aromatic rings. The Bertz CT molecular complexity index is 1870. The van der Waals surface area contributed by atoms with Gasteiger partial charge in [0.2, 0.25) is 10.0 Å². The molecule has 220 valence electrons. The van der Waals surface area contributed by atoms with Crippen molar-refractivity contribution in [2.75, 3.05) is 47.1 Å². The standard InChI is InChI=1S/C30H30ClFN4O5S/c1-39-27-15-21-23(18-35(25(21)16-28(27)40-2)9-8-34-10-12-41-13-11-34)26-14-22-29(31)24(32)17-33-30(22)36(26)42(37,38)19-20-6-4-3-5-7-20/h3-7,14-18H,8-13,19H2,1-2H3. The summed E-state index contributed by atoms with van der Waals surface area (Å²) in [6.45, 7) is 4.46. The van der Waals surface area contributed by atoms with Crippen molar-refractivity contribution in [1.29, 1.82) is 0 Å². The number of pyridine rings is 1. The fourth-order valence-electron chi connectivity index (χ4n) is 5.47. The quantitative estimate of drug-likeness (QED) is 0.227. The van der Waals surface area contributed by atoms with Crippen LogP contribution in [0.5, 0.6) is 11.5 Å². The summed E-state index contributed by atoms with van der Waals surface area (Å²) in [5, 5.41) is 0.758. The molecule has 0 N–H and O–H groups in total. The van der Waals surface area contributed by atoms with Crippen LogP contribution in [0, 0.1) is 5.82 Å². The summed E-state index contributed by atoms with van der Waals surface area (Å²) >= 11 is 6.37. The van der Waals surface area contributed by atoms with Crippen LogP contribution in [-0.2, 0) is 27.1 Å². The van der Waals surface area contributed by atoms with E-state index in [4.69, 9.17) is 25.8 Å². The van der Waals surface area contributed by atoms with E-state index in [1.165, 1.54) is 3.97 Å². The van der Waals surface area contributed by atoms with Gasteiger partial charge in [0.05, 0.1) is 55.6 Å². The van der Waals surface area contributed by atoms with Crippen molar-refractivity contribution in [3.63, 3.8) is 0 Å². The summed E-state index contributed by atoms with van der Waals surface area (Å²) < 4.78 is 62.7. The minimum Gasteiger partial charge on any atom is -0.493 e. The highest BCUT2D eigenvalue weighted by Crippen LogP contribution is 2.41. The van der Waals surface area contributed by atoms with Gasteiger partial charge in [0.25, 0.3) is 0 Å². The average Bonchev–Trinajstić information content (AvgIpc) is 3.57. The molecule has 0 spiro atoms. The van der Waals surface area contributed by atoms with Gasteiger partial charge in [-0.3, -0.25) is 4.90 Å². The SMILES string of the molecule is COc1cc2c(-c3cc4c(Cl)c(F)cnc4n3S(=O)(=O)Cc3ccccc3)cn(CCN3CCOCC3)c2cc1OC. The van der Waals surface area contributed by atoms with E-state index < -0.39 is 15.8 Å². The summed E-state index contributed by atoms with van der Waals surface area (Å²) in [4.78, 5) is 6.52. The van der Waals surface area contributed by atoms with Gasteiger partial charge < -0.3 is 18.8 Å². The monoisotopic (exact) mass is 612 g/mol. The van der Waals surface area contributed by atoms with Crippen molar-refractivity contribution >= 4 is 43.6 Å². The van der Waals surface area contributed by atoms with Crippen LogP contribution < -0.4 is 9.47 Å². The second-order valence-corrected chi connectivity index (χ2v) is 12.3. The molecule has 3 aromatic heterocycles. The number of morpholine rings is 1. The van der Waals surface area contributed by atoms with E-state index >= 15 is 0 Å². The molecule has 1 fully saturated rings. The minimum atomic E-state index is -4.04. The summed E-state index contributed by atoms with van der Waals surface area (Å²) in [5.74, 6) is 0.0295.